The van der Waals surface area contributed by atoms with Crippen LogP contribution in [0, 0.1) is 11.8 Å². The van der Waals surface area contributed by atoms with Gasteiger partial charge in [-0.3, -0.25) is 4.90 Å². The summed E-state index contributed by atoms with van der Waals surface area (Å²) in [7, 11) is 1.43. The number of rotatable bonds is 11. The maximum absolute atomic E-state index is 12.5. The van der Waals surface area contributed by atoms with Crippen LogP contribution in [-0.4, -0.2) is 52.2 Å². The molecule has 0 heterocycles. The van der Waals surface area contributed by atoms with Crippen molar-refractivity contribution < 1.29 is 29.3 Å². The number of carbonyl (C=O) groups is 2. The molecule has 2 N–H and O–H groups in total. The molecule has 0 spiro atoms. The number of aliphatic hydroxyl groups is 1. The monoisotopic (exact) mass is 409 g/mol. The molecule has 29 heavy (non-hydrogen) atoms. The highest BCUT2D eigenvalue weighted by molar-refractivity contribution is 5.80. The van der Waals surface area contributed by atoms with Crippen LogP contribution in [0.25, 0.3) is 0 Å². The van der Waals surface area contributed by atoms with Gasteiger partial charge < -0.3 is 19.7 Å². The topological polar surface area (TPSA) is 96.3 Å². The molecule has 1 amide bonds. The summed E-state index contributed by atoms with van der Waals surface area (Å²) in [6.45, 7) is 9.36. The van der Waals surface area contributed by atoms with Gasteiger partial charge in [0.15, 0.2) is 6.29 Å². The zero-order chi connectivity index (χ0) is 22.2. The Kier molecular flexibility index (Phi) is 9.59. The number of amides is 1. The van der Waals surface area contributed by atoms with Crippen LogP contribution in [0.15, 0.2) is 30.3 Å². The Hall–Kier alpha value is -2.12. The molecule has 0 radical (unpaired) electrons. The van der Waals surface area contributed by atoms with Gasteiger partial charge in [-0.25, -0.2) is 9.59 Å². The van der Waals surface area contributed by atoms with Crippen molar-refractivity contribution in [1.29, 1.82) is 0 Å². The maximum Gasteiger partial charge on any atom is 0.410 e. The Morgan fingerprint density at radius 1 is 1.14 bits per heavy atom. The van der Waals surface area contributed by atoms with Gasteiger partial charge >= 0.3 is 12.1 Å². The second-order valence-electron chi connectivity index (χ2n) is 8.59. The van der Waals surface area contributed by atoms with Gasteiger partial charge in [-0.1, -0.05) is 51.1 Å². The third-order valence-corrected chi connectivity index (χ3v) is 4.66. The highest BCUT2D eigenvalue weighted by atomic mass is 16.6. The summed E-state index contributed by atoms with van der Waals surface area (Å²) in [5, 5.41) is 19.7. The molecule has 7 heteroatoms. The molecule has 0 aromatic heterocycles. The largest absolute Gasteiger partial charge is 0.480 e. The van der Waals surface area contributed by atoms with Crippen molar-refractivity contribution in [3.63, 3.8) is 0 Å². The van der Waals surface area contributed by atoms with Crippen LogP contribution in [0.1, 0.15) is 53.0 Å². The first-order chi connectivity index (χ1) is 13.4. The van der Waals surface area contributed by atoms with E-state index in [-0.39, 0.29) is 18.4 Å². The van der Waals surface area contributed by atoms with Crippen molar-refractivity contribution in [2.24, 2.45) is 11.8 Å². The maximum atomic E-state index is 12.5. The summed E-state index contributed by atoms with van der Waals surface area (Å²) < 4.78 is 11.1. The van der Waals surface area contributed by atoms with Gasteiger partial charge in [-0.2, -0.15) is 0 Å². The minimum atomic E-state index is -1.06. The van der Waals surface area contributed by atoms with Crippen LogP contribution < -0.4 is 0 Å². The van der Waals surface area contributed by atoms with Crippen LogP contribution >= 0.6 is 0 Å². The van der Waals surface area contributed by atoms with Gasteiger partial charge in [0, 0.05) is 13.0 Å². The Labute approximate surface area is 173 Å². The standard InChI is InChI=1S/C22H35NO6/c1-15(2)12-18(19(24)25)23(6)21(27)29-22(4,5)13-16(3)20(26)28-14-17-10-8-7-9-11-17/h7-11,15-16,18,20,26H,12-14H2,1-6H3,(H,24,25)/t16-,18-,20-/m1/s1. The molecule has 0 bridgehead atoms. The first kappa shape index (κ1) is 24.9. The van der Waals surface area contributed by atoms with Crippen molar-refractivity contribution >= 4 is 12.1 Å². The Bertz CT molecular complexity index is 646. The normalized spacial score (nSPS) is 14.9. The van der Waals surface area contributed by atoms with E-state index in [1.807, 2.05) is 51.1 Å². The molecular formula is C22H35NO6. The van der Waals surface area contributed by atoms with Gasteiger partial charge in [-0.05, 0) is 38.2 Å². The number of aliphatic carboxylic acids is 1. The average molecular weight is 410 g/mol. The molecule has 0 aliphatic rings. The zero-order valence-corrected chi connectivity index (χ0v) is 18.3. The average Bonchev–Trinajstić information content (AvgIpc) is 2.63. The van der Waals surface area contributed by atoms with Gasteiger partial charge in [0.05, 0.1) is 6.61 Å². The minimum Gasteiger partial charge on any atom is -0.480 e. The fraction of sp³-hybridized carbons (Fsp3) is 0.636. The molecule has 0 fully saturated rings. The summed E-state index contributed by atoms with van der Waals surface area (Å²) >= 11 is 0. The molecule has 3 atom stereocenters. The van der Waals surface area contributed by atoms with Gasteiger partial charge in [-0.15, -0.1) is 0 Å². The van der Waals surface area contributed by atoms with E-state index in [4.69, 9.17) is 9.47 Å². The van der Waals surface area contributed by atoms with Gasteiger partial charge in [0.25, 0.3) is 0 Å². The van der Waals surface area contributed by atoms with E-state index in [2.05, 4.69) is 0 Å². The predicted octanol–water partition coefficient (Wildman–Crippen LogP) is 3.89. The molecule has 0 aliphatic carbocycles. The number of hydrogen-bond acceptors (Lipinski definition) is 5. The van der Waals surface area contributed by atoms with E-state index in [9.17, 15) is 19.8 Å². The Balaban J connectivity index is 2.61. The molecule has 0 saturated heterocycles. The summed E-state index contributed by atoms with van der Waals surface area (Å²) in [4.78, 5) is 25.1. The first-order valence-electron chi connectivity index (χ1n) is 9.95. The Morgan fingerprint density at radius 2 is 1.72 bits per heavy atom. The number of ether oxygens (including phenoxy) is 2. The number of nitrogens with zero attached hydrogens (tertiary/aromatic N) is 1. The quantitative estimate of drug-likeness (QED) is 0.538. The minimum absolute atomic E-state index is 0.122. The lowest BCUT2D eigenvalue weighted by Gasteiger charge is -2.33. The number of hydrogen-bond donors (Lipinski definition) is 2. The lowest BCUT2D eigenvalue weighted by molar-refractivity contribution is -0.151. The molecule has 1 aromatic carbocycles. The number of benzene rings is 1. The fourth-order valence-electron chi connectivity index (χ4n) is 3.14. The SMILES string of the molecule is CC(C)C[C@H](C(=O)O)N(C)C(=O)OC(C)(C)C[C@@H](C)[C@H](O)OCc1ccccc1. The smallest absolute Gasteiger partial charge is 0.410 e. The third kappa shape index (κ3) is 8.83. The first-order valence-corrected chi connectivity index (χ1v) is 9.95. The van der Waals surface area contributed by atoms with Crippen molar-refractivity contribution in [1.82, 2.24) is 4.90 Å². The van der Waals surface area contributed by atoms with E-state index in [0.29, 0.717) is 12.8 Å². The molecule has 7 nitrogen and oxygen atoms in total. The van der Waals surface area contributed by atoms with Crippen LogP contribution in [-0.2, 0) is 20.9 Å². The molecule has 0 unspecified atom stereocenters. The lowest BCUT2D eigenvalue weighted by atomic mass is 9.94. The van der Waals surface area contributed by atoms with Gasteiger partial charge in [0.1, 0.15) is 11.6 Å². The van der Waals surface area contributed by atoms with E-state index in [0.717, 1.165) is 10.5 Å². The third-order valence-electron chi connectivity index (χ3n) is 4.66. The molecule has 164 valence electrons. The van der Waals surface area contributed by atoms with Crippen LogP contribution in [0.2, 0.25) is 0 Å². The second kappa shape index (κ2) is 11.2. The van der Waals surface area contributed by atoms with Crippen LogP contribution in [0.3, 0.4) is 0 Å². The van der Waals surface area contributed by atoms with Crippen LogP contribution in [0.4, 0.5) is 4.79 Å². The molecule has 0 aliphatic heterocycles. The summed E-state index contributed by atoms with van der Waals surface area (Å²) in [6.07, 6.45) is -1.03. The van der Waals surface area contributed by atoms with E-state index in [1.54, 1.807) is 13.8 Å². The van der Waals surface area contributed by atoms with E-state index >= 15 is 0 Å². The highest BCUT2D eigenvalue weighted by Crippen LogP contribution is 2.25. The zero-order valence-electron chi connectivity index (χ0n) is 18.3. The molecular weight excluding hydrogens is 374 g/mol. The summed E-state index contributed by atoms with van der Waals surface area (Å²) in [6, 6.07) is 8.58. The predicted molar refractivity (Wildman–Crippen MR) is 110 cm³/mol. The molecule has 0 saturated carbocycles. The Morgan fingerprint density at radius 3 is 2.24 bits per heavy atom. The molecule has 1 aromatic rings. The van der Waals surface area contributed by atoms with Crippen molar-refractivity contribution in [2.75, 3.05) is 7.05 Å². The van der Waals surface area contributed by atoms with Gasteiger partial charge in [0.2, 0.25) is 0 Å². The van der Waals surface area contributed by atoms with E-state index < -0.39 is 30.0 Å². The lowest BCUT2D eigenvalue weighted by Crippen LogP contribution is -2.46. The van der Waals surface area contributed by atoms with Crippen molar-refractivity contribution in [3.05, 3.63) is 35.9 Å². The van der Waals surface area contributed by atoms with E-state index in [1.165, 1.54) is 7.05 Å². The molecule has 1 rings (SSSR count). The second-order valence-corrected chi connectivity index (χ2v) is 8.59. The summed E-state index contributed by atoms with van der Waals surface area (Å²) in [5.74, 6) is -1.23. The number of carboxylic acid groups (broad SMARTS) is 1. The number of aliphatic hydroxyl groups excluding tert-OH is 1. The fourth-order valence-corrected chi connectivity index (χ4v) is 3.14. The highest BCUT2D eigenvalue weighted by Gasteiger charge is 2.34. The summed E-state index contributed by atoms with van der Waals surface area (Å²) in [5.41, 5.74) is 0.0545. The number of carbonyl (C=O) groups excluding carboxylic acids is 1. The van der Waals surface area contributed by atoms with Crippen molar-refractivity contribution in [3.8, 4) is 0 Å². The van der Waals surface area contributed by atoms with Crippen LogP contribution in [0.5, 0.6) is 0 Å². The van der Waals surface area contributed by atoms with Crippen molar-refractivity contribution in [2.45, 2.75) is 72.0 Å². The number of carboxylic acids is 1. The number of likely N-dealkylation sites (N-methyl/N-ethyl adjacent to an activating group) is 1.